The molecule has 0 unspecified atom stereocenters. The third kappa shape index (κ3) is 4.82. The number of ether oxygens (including phenoxy) is 2. The summed E-state index contributed by atoms with van der Waals surface area (Å²) in [5.74, 6) is -0.106. The summed E-state index contributed by atoms with van der Waals surface area (Å²) in [5.41, 5.74) is 0.510. The van der Waals surface area contributed by atoms with Crippen molar-refractivity contribution in [1.29, 1.82) is 0 Å². The Hall–Kier alpha value is -1.02. The van der Waals surface area contributed by atoms with E-state index in [9.17, 15) is 4.79 Å². The normalized spacial score (nSPS) is 16.2. The average Bonchev–Trinajstić information content (AvgIpc) is 2.93. The van der Waals surface area contributed by atoms with Crippen LogP contribution in [0.15, 0.2) is 5.38 Å². The lowest BCUT2D eigenvalue weighted by atomic mass is 10.4. The molecule has 2 heterocycles. The molecule has 0 aliphatic carbocycles. The van der Waals surface area contributed by atoms with Crippen molar-refractivity contribution in [3.8, 4) is 0 Å². The molecule has 7 heteroatoms. The summed E-state index contributed by atoms with van der Waals surface area (Å²) in [7, 11) is 1.65. The lowest BCUT2D eigenvalue weighted by molar-refractivity contribution is 0.0341. The van der Waals surface area contributed by atoms with Gasteiger partial charge in [0.1, 0.15) is 10.7 Å². The SMILES string of the molecule is COCCCNC(=O)c1csc(CN2CCOCC2)n1. The highest BCUT2D eigenvalue weighted by Crippen LogP contribution is 2.13. The Morgan fingerprint density at radius 3 is 3.10 bits per heavy atom. The highest BCUT2D eigenvalue weighted by molar-refractivity contribution is 7.09. The molecular weight excluding hydrogens is 278 g/mol. The lowest BCUT2D eigenvalue weighted by Gasteiger charge is -2.25. The molecule has 1 aromatic heterocycles. The lowest BCUT2D eigenvalue weighted by Crippen LogP contribution is -2.35. The number of hydrogen-bond donors (Lipinski definition) is 1. The van der Waals surface area contributed by atoms with E-state index in [0.29, 0.717) is 18.8 Å². The Morgan fingerprint density at radius 1 is 1.55 bits per heavy atom. The second-order valence-electron chi connectivity index (χ2n) is 4.62. The van der Waals surface area contributed by atoms with Gasteiger partial charge in [-0.3, -0.25) is 9.69 Å². The van der Waals surface area contributed by atoms with Crippen LogP contribution in [-0.4, -0.2) is 62.4 Å². The topological polar surface area (TPSA) is 63.7 Å². The van der Waals surface area contributed by atoms with Gasteiger partial charge in [0, 0.05) is 38.7 Å². The van der Waals surface area contributed by atoms with Crippen LogP contribution in [0.3, 0.4) is 0 Å². The van der Waals surface area contributed by atoms with Gasteiger partial charge in [0.05, 0.1) is 19.8 Å². The van der Waals surface area contributed by atoms with Crippen LogP contribution in [-0.2, 0) is 16.0 Å². The largest absolute Gasteiger partial charge is 0.385 e. The van der Waals surface area contributed by atoms with E-state index >= 15 is 0 Å². The molecule has 1 fully saturated rings. The number of carbonyl (C=O) groups excluding carboxylic acids is 1. The molecule has 1 amide bonds. The highest BCUT2D eigenvalue weighted by Gasteiger charge is 2.15. The minimum Gasteiger partial charge on any atom is -0.385 e. The fourth-order valence-electron chi connectivity index (χ4n) is 1.95. The Kier molecular flexibility index (Phi) is 6.38. The maximum absolute atomic E-state index is 11.9. The van der Waals surface area contributed by atoms with Crippen LogP contribution < -0.4 is 5.32 Å². The van der Waals surface area contributed by atoms with Gasteiger partial charge in [0.25, 0.3) is 5.91 Å². The first-order chi connectivity index (χ1) is 9.79. The first kappa shape index (κ1) is 15.4. The molecule has 0 radical (unpaired) electrons. The van der Waals surface area contributed by atoms with Crippen LogP contribution in [0.2, 0.25) is 0 Å². The van der Waals surface area contributed by atoms with Crippen LogP contribution in [0.5, 0.6) is 0 Å². The molecule has 112 valence electrons. The molecule has 2 rings (SSSR count). The Morgan fingerprint density at radius 2 is 2.35 bits per heavy atom. The number of amides is 1. The van der Waals surface area contributed by atoms with Gasteiger partial charge in [-0.15, -0.1) is 11.3 Å². The van der Waals surface area contributed by atoms with Crippen LogP contribution >= 0.6 is 11.3 Å². The number of rotatable bonds is 7. The van der Waals surface area contributed by atoms with Crippen LogP contribution in [0.4, 0.5) is 0 Å². The van der Waals surface area contributed by atoms with Crippen LogP contribution in [0.25, 0.3) is 0 Å². The molecule has 1 saturated heterocycles. The van der Waals surface area contributed by atoms with Gasteiger partial charge in [-0.2, -0.15) is 0 Å². The second kappa shape index (κ2) is 8.31. The number of hydrogen-bond acceptors (Lipinski definition) is 6. The first-order valence-corrected chi connectivity index (χ1v) is 7.69. The van der Waals surface area contributed by atoms with E-state index in [-0.39, 0.29) is 5.91 Å². The number of methoxy groups -OCH3 is 1. The zero-order valence-electron chi connectivity index (χ0n) is 11.8. The minimum atomic E-state index is -0.106. The van der Waals surface area contributed by atoms with E-state index in [0.717, 1.165) is 44.3 Å². The predicted octanol–water partition coefficient (Wildman–Crippen LogP) is 0.742. The third-order valence-electron chi connectivity index (χ3n) is 3.06. The zero-order chi connectivity index (χ0) is 14.2. The molecule has 0 spiro atoms. The monoisotopic (exact) mass is 299 g/mol. The fourth-order valence-corrected chi connectivity index (χ4v) is 2.76. The van der Waals surface area contributed by atoms with E-state index < -0.39 is 0 Å². The zero-order valence-corrected chi connectivity index (χ0v) is 12.6. The van der Waals surface area contributed by atoms with E-state index in [1.165, 1.54) is 11.3 Å². The van der Waals surface area contributed by atoms with E-state index in [4.69, 9.17) is 9.47 Å². The fraction of sp³-hybridized carbons (Fsp3) is 0.692. The summed E-state index contributed by atoms with van der Waals surface area (Å²) < 4.78 is 10.2. The van der Waals surface area contributed by atoms with Crippen molar-refractivity contribution >= 4 is 17.2 Å². The van der Waals surface area contributed by atoms with Gasteiger partial charge < -0.3 is 14.8 Å². The Balaban J connectivity index is 1.77. The molecule has 0 atom stereocenters. The third-order valence-corrected chi connectivity index (χ3v) is 3.89. The maximum Gasteiger partial charge on any atom is 0.270 e. The molecule has 1 N–H and O–H groups in total. The highest BCUT2D eigenvalue weighted by atomic mass is 32.1. The van der Waals surface area contributed by atoms with Gasteiger partial charge in [-0.05, 0) is 6.42 Å². The van der Waals surface area contributed by atoms with Gasteiger partial charge in [0.2, 0.25) is 0 Å². The van der Waals surface area contributed by atoms with Crippen molar-refractivity contribution in [2.45, 2.75) is 13.0 Å². The average molecular weight is 299 g/mol. The summed E-state index contributed by atoms with van der Waals surface area (Å²) in [4.78, 5) is 18.6. The predicted molar refractivity (Wildman–Crippen MR) is 77.0 cm³/mol. The summed E-state index contributed by atoms with van der Waals surface area (Å²) in [5, 5.41) is 5.64. The van der Waals surface area contributed by atoms with Crippen molar-refractivity contribution in [2.24, 2.45) is 0 Å². The first-order valence-electron chi connectivity index (χ1n) is 6.81. The summed E-state index contributed by atoms with van der Waals surface area (Å²) in [6.45, 7) is 5.47. The molecule has 20 heavy (non-hydrogen) atoms. The molecule has 6 nitrogen and oxygen atoms in total. The maximum atomic E-state index is 11.9. The van der Waals surface area contributed by atoms with Gasteiger partial charge >= 0.3 is 0 Å². The second-order valence-corrected chi connectivity index (χ2v) is 5.56. The Labute approximate surface area is 123 Å². The summed E-state index contributed by atoms with van der Waals surface area (Å²) in [6, 6.07) is 0. The molecule has 1 aromatic rings. The van der Waals surface area contributed by atoms with Crippen molar-refractivity contribution in [2.75, 3.05) is 46.6 Å². The molecule has 1 aliphatic rings. The van der Waals surface area contributed by atoms with Crippen LogP contribution in [0, 0.1) is 0 Å². The van der Waals surface area contributed by atoms with Gasteiger partial charge in [-0.1, -0.05) is 0 Å². The smallest absolute Gasteiger partial charge is 0.270 e. The summed E-state index contributed by atoms with van der Waals surface area (Å²) >= 11 is 1.54. The quantitative estimate of drug-likeness (QED) is 0.753. The number of aromatic nitrogens is 1. The number of nitrogens with one attached hydrogen (secondary N) is 1. The summed E-state index contributed by atoms with van der Waals surface area (Å²) in [6.07, 6.45) is 0.813. The van der Waals surface area contributed by atoms with Crippen molar-refractivity contribution in [3.05, 3.63) is 16.1 Å². The van der Waals surface area contributed by atoms with E-state index in [1.54, 1.807) is 7.11 Å². The molecular formula is C13H21N3O3S. The molecule has 0 saturated carbocycles. The number of thiazole rings is 1. The minimum absolute atomic E-state index is 0.106. The van der Waals surface area contributed by atoms with Crippen molar-refractivity contribution in [3.63, 3.8) is 0 Å². The van der Waals surface area contributed by atoms with Gasteiger partial charge in [-0.25, -0.2) is 4.98 Å². The van der Waals surface area contributed by atoms with Crippen LogP contribution in [0.1, 0.15) is 21.9 Å². The Bertz CT molecular complexity index is 419. The molecule has 0 bridgehead atoms. The van der Waals surface area contributed by atoms with E-state index in [2.05, 4.69) is 15.2 Å². The van der Waals surface area contributed by atoms with Gasteiger partial charge in [0.15, 0.2) is 0 Å². The van der Waals surface area contributed by atoms with E-state index in [1.807, 2.05) is 5.38 Å². The molecule has 1 aliphatic heterocycles. The number of morpholine rings is 1. The van der Waals surface area contributed by atoms with Crippen molar-refractivity contribution in [1.82, 2.24) is 15.2 Å². The number of nitrogens with zero attached hydrogens (tertiary/aromatic N) is 2. The standard InChI is InChI=1S/C13H21N3O3S/c1-18-6-2-3-14-13(17)11-10-20-12(15-11)9-16-4-7-19-8-5-16/h10H,2-9H2,1H3,(H,14,17). The molecule has 0 aromatic carbocycles. The number of carbonyl (C=O) groups is 1. The van der Waals surface area contributed by atoms with Crippen molar-refractivity contribution < 1.29 is 14.3 Å².